The number of anilines is 2. The molecule has 3 aromatic carbocycles. The van der Waals surface area contributed by atoms with Gasteiger partial charge in [-0.2, -0.15) is 9.78 Å². The second kappa shape index (κ2) is 9.82. The van der Waals surface area contributed by atoms with Crippen LogP contribution in [-0.2, 0) is 0 Å². The minimum absolute atomic E-state index is 0.0625. The highest BCUT2D eigenvalue weighted by molar-refractivity contribution is 5.94. The van der Waals surface area contributed by atoms with Gasteiger partial charge in [0.05, 0.1) is 11.9 Å². The predicted molar refractivity (Wildman–Crippen MR) is 129 cm³/mol. The molecule has 7 nitrogen and oxygen atoms in total. The van der Waals surface area contributed by atoms with Crippen molar-refractivity contribution in [3.63, 3.8) is 0 Å². The van der Waals surface area contributed by atoms with Gasteiger partial charge in [0.1, 0.15) is 5.75 Å². The Morgan fingerprint density at radius 1 is 0.970 bits per heavy atom. The van der Waals surface area contributed by atoms with Crippen LogP contribution in [0.4, 0.5) is 11.4 Å². The summed E-state index contributed by atoms with van der Waals surface area (Å²) in [5, 5.41) is 7.46. The Morgan fingerprint density at radius 3 is 2.24 bits per heavy atom. The molecule has 33 heavy (non-hydrogen) atoms. The van der Waals surface area contributed by atoms with Gasteiger partial charge in [-0.1, -0.05) is 36.4 Å². The SMILES string of the molecule is CCN(C)C(=O)c1ccc(Nc2c(Oc3ccccc3)cnn(-c3ccccc3)c2=O)cc1. The third kappa shape index (κ3) is 4.93. The predicted octanol–water partition coefficient (Wildman–Crippen LogP) is 4.86. The van der Waals surface area contributed by atoms with Crippen molar-refractivity contribution in [2.45, 2.75) is 6.92 Å². The van der Waals surface area contributed by atoms with Crippen LogP contribution in [0.2, 0.25) is 0 Å². The summed E-state index contributed by atoms with van der Waals surface area (Å²) < 4.78 is 7.28. The van der Waals surface area contributed by atoms with Gasteiger partial charge < -0.3 is 15.0 Å². The van der Waals surface area contributed by atoms with Crippen molar-refractivity contribution in [3.8, 4) is 17.2 Å². The number of carbonyl (C=O) groups excluding carboxylic acids is 1. The quantitative estimate of drug-likeness (QED) is 0.444. The molecule has 0 radical (unpaired) electrons. The Balaban J connectivity index is 1.71. The molecule has 7 heteroatoms. The molecule has 0 aliphatic rings. The highest BCUT2D eigenvalue weighted by atomic mass is 16.5. The van der Waals surface area contributed by atoms with Crippen molar-refractivity contribution in [1.82, 2.24) is 14.7 Å². The molecule has 0 saturated heterocycles. The molecule has 1 amide bonds. The molecule has 0 atom stereocenters. The first-order valence-electron chi connectivity index (χ1n) is 10.6. The van der Waals surface area contributed by atoms with Crippen LogP contribution in [0.3, 0.4) is 0 Å². The molecule has 1 aromatic heterocycles. The summed E-state index contributed by atoms with van der Waals surface area (Å²) in [6.07, 6.45) is 1.51. The Labute approximate surface area is 191 Å². The van der Waals surface area contributed by atoms with Crippen LogP contribution in [0, 0.1) is 0 Å². The summed E-state index contributed by atoms with van der Waals surface area (Å²) >= 11 is 0. The van der Waals surface area contributed by atoms with Gasteiger partial charge in [0.15, 0.2) is 11.4 Å². The van der Waals surface area contributed by atoms with Crippen molar-refractivity contribution in [3.05, 3.63) is 107 Å². The zero-order valence-electron chi connectivity index (χ0n) is 18.4. The second-order valence-electron chi connectivity index (χ2n) is 7.37. The number of amides is 1. The molecule has 4 rings (SSSR count). The average Bonchev–Trinajstić information content (AvgIpc) is 2.87. The molecular weight excluding hydrogens is 416 g/mol. The van der Waals surface area contributed by atoms with Gasteiger partial charge in [0.2, 0.25) is 0 Å². The number of hydrogen-bond acceptors (Lipinski definition) is 5. The van der Waals surface area contributed by atoms with E-state index in [4.69, 9.17) is 4.74 Å². The van der Waals surface area contributed by atoms with Gasteiger partial charge in [-0.3, -0.25) is 9.59 Å². The van der Waals surface area contributed by atoms with Gasteiger partial charge in [-0.15, -0.1) is 0 Å². The summed E-state index contributed by atoms with van der Waals surface area (Å²) in [5.74, 6) is 0.819. The van der Waals surface area contributed by atoms with E-state index in [0.717, 1.165) is 0 Å². The van der Waals surface area contributed by atoms with Gasteiger partial charge in [0.25, 0.3) is 11.5 Å². The highest BCUT2D eigenvalue weighted by Gasteiger charge is 2.16. The second-order valence-corrected chi connectivity index (χ2v) is 7.37. The van der Waals surface area contributed by atoms with Crippen LogP contribution in [0.15, 0.2) is 95.9 Å². The molecular formula is C26H24N4O3. The van der Waals surface area contributed by atoms with Crippen molar-refractivity contribution < 1.29 is 9.53 Å². The normalized spacial score (nSPS) is 10.5. The summed E-state index contributed by atoms with van der Waals surface area (Å²) in [7, 11) is 1.75. The number of ether oxygens (including phenoxy) is 1. The van der Waals surface area contributed by atoms with Gasteiger partial charge in [0, 0.05) is 24.8 Å². The third-order valence-corrected chi connectivity index (χ3v) is 5.14. The fraction of sp³-hybridized carbons (Fsp3) is 0.115. The fourth-order valence-electron chi connectivity index (χ4n) is 3.20. The molecule has 0 aliphatic carbocycles. The largest absolute Gasteiger partial charge is 0.453 e. The van der Waals surface area contributed by atoms with Crippen LogP contribution in [0.1, 0.15) is 17.3 Å². The van der Waals surface area contributed by atoms with Crippen LogP contribution in [0.25, 0.3) is 5.69 Å². The number of carbonyl (C=O) groups is 1. The Kier molecular flexibility index (Phi) is 6.50. The fourth-order valence-corrected chi connectivity index (χ4v) is 3.20. The summed E-state index contributed by atoms with van der Waals surface area (Å²) in [5.41, 5.74) is 1.73. The molecule has 0 aliphatic heterocycles. The van der Waals surface area contributed by atoms with Crippen LogP contribution in [0.5, 0.6) is 11.5 Å². The molecule has 0 unspecified atom stereocenters. The van der Waals surface area contributed by atoms with Crippen molar-refractivity contribution in [2.75, 3.05) is 18.9 Å². The maximum Gasteiger partial charge on any atom is 0.299 e. The number of nitrogens with one attached hydrogen (secondary N) is 1. The van der Waals surface area contributed by atoms with Gasteiger partial charge in [-0.25, -0.2) is 0 Å². The lowest BCUT2D eigenvalue weighted by Crippen LogP contribution is -2.26. The Bertz CT molecular complexity index is 1290. The number of aromatic nitrogens is 2. The molecule has 4 aromatic rings. The molecule has 0 fully saturated rings. The summed E-state index contributed by atoms with van der Waals surface area (Å²) in [4.78, 5) is 27.4. The molecule has 0 spiro atoms. The molecule has 1 N–H and O–H groups in total. The molecule has 166 valence electrons. The van der Waals surface area contributed by atoms with Crippen molar-refractivity contribution >= 4 is 17.3 Å². The average molecular weight is 441 g/mol. The van der Waals surface area contributed by atoms with E-state index < -0.39 is 0 Å². The van der Waals surface area contributed by atoms with Gasteiger partial charge >= 0.3 is 0 Å². The lowest BCUT2D eigenvalue weighted by atomic mass is 10.2. The molecule has 0 bridgehead atoms. The molecule has 1 heterocycles. The minimum Gasteiger partial charge on any atom is -0.453 e. The number of benzene rings is 3. The number of nitrogens with zero attached hydrogens (tertiary/aromatic N) is 3. The topological polar surface area (TPSA) is 76.5 Å². The van der Waals surface area contributed by atoms with Crippen molar-refractivity contribution in [2.24, 2.45) is 0 Å². The lowest BCUT2D eigenvalue weighted by molar-refractivity contribution is 0.0802. The van der Waals surface area contributed by atoms with Crippen LogP contribution in [-0.4, -0.2) is 34.2 Å². The van der Waals surface area contributed by atoms with E-state index in [9.17, 15) is 9.59 Å². The molecule has 0 saturated carbocycles. The van der Waals surface area contributed by atoms with E-state index in [1.165, 1.54) is 10.9 Å². The van der Waals surface area contributed by atoms with Crippen LogP contribution < -0.4 is 15.6 Å². The van der Waals surface area contributed by atoms with E-state index in [1.807, 2.05) is 43.3 Å². The third-order valence-electron chi connectivity index (χ3n) is 5.14. The smallest absolute Gasteiger partial charge is 0.299 e. The van der Waals surface area contributed by atoms with Crippen LogP contribution >= 0.6 is 0 Å². The summed E-state index contributed by atoms with van der Waals surface area (Å²) in [6.45, 7) is 2.54. The first-order chi connectivity index (χ1) is 16.1. The monoisotopic (exact) mass is 440 g/mol. The zero-order valence-corrected chi connectivity index (χ0v) is 18.4. The van der Waals surface area contributed by atoms with E-state index >= 15 is 0 Å². The minimum atomic E-state index is -0.361. The van der Waals surface area contributed by atoms with E-state index in [-0.39, 0.29) is 17.2 Å². The van der Waals surface area contributed by atoms with E-state index in [1.54, 1.807) is 60.5 Å². The lowest BCUT2D eigenvalue weighted by Gasteiger charge is -2.16. The zero-order chi connectivity index (χ0) is 23.2. The Morgan fingerprint density at radius 2 is 1.61 bits per heavy atom. The maximum atomic E-state index is 13.4. The standard InChI is InChI=1S/C26H24N4O3/c1-3-29(2)25(31)19-14-16-20(17-15-19)28-24-23(33-22-12-8-5-9-13-22)18-27-30(26(24)32)21-10-6-4-7-11-21/h4-18,28H,3H2,1-2H3. The van der Waals surface area contributed by atoms with Crippen molar-refractivity contribution in [1.29, 1.82) is 0 Å². The number of para-hydroxylation sites is 2. The van der Waals surface area contributed by atoms with Gasteiger partial charge in [-0.05, 0) is 55.5 Å². The first kappa shape index (κ1) is 21.8. The maximum absolute atomic E-state index is 13.4. The number of rotatable bonds is 7. The number of hydrogen-bond donors (Lipinski definition) is 1. The summed E-state index contributed by atoms with van der Waals surface area (Å²) in [6, 6.07) is 25.3. The first-order valence-corrected chi connectivity index (χ1v) is 10.6. The van der Waals surface area contributed by atoms with E-state index in [2.05, 4.69) is 10.4 Å². The van der Waals surface area contributed by atoms with E-state index in [0.29, 0.717) is 35.0 Å². The highest BCUT2D eigenvalue weighted by Crippen LogP contribution is 2.28. The Hall–Kier alpha value is -4.39.